The molecule has 0 unspecified atom stereocenters. The third-order valence-corrected chi connectivity index (χ3v) is 5.49. The molecule has 4 amide bonds. The van der Waals surface area contributed by atoms with Crippen molar-refractivity contribution in [3.63, 3.8) is 0 Å². The smallest absolute Gasteiger partial charge is 0.321 e. The van der Waals surface area contributed by atoms with Crippen LogP contribution in [0.15, 0.2) is 41.1 Å². The summed E-state index contributed by atoms with van der Waals surface area (Å²) >= 11 is 1.44. The van der Waals surface area contributed by atoms with Gasteiger partial charge in [-0.1, -0.05) is 12.8 Å². The van der Waals surface area contributed by atoms with E-state index in [1.165, 1.54) is 29.1 Å². The molecule has 0 radical (unpaired) electrons. The molecule has 1 aromatic heterocycles. The molecule has 0 spiro atoms. The van der Waals surface area contributed by atoms with Crippen LogP contribution in [0.25, 0.3) is 0 Å². The van der Waals surface area contributed by atoms with Crippen molar-refractivity contribution < 1.29 is 14.4 Å². The second-order valence-electron chi connectivity index (χ2n) is 7.13. The number of rotatable bonds is 5. The van der Waals surface area contributed by atoms with Gasteiger partial charge in [-0.2, -0.15) is 11.3 Å². The summed E-state index contributed by atoms with van der Waals surface area (Å²) in [4.78, 5) is 40.0. The van der Waals surface area contributed by atoms with Gasteiger partial charge in [-0.3, -0.25) is 9.59 Å². The molecule has 2 N–H and O–H groups in total. The molecule has 1 fully saturated rings. The highest BCUT2D eigenvalue weighted by atomic mass is 32.1. The number of hydrogen-bond donors (Lipinski definition) is 2. The first-order valence-electron chi connectivity index (χ1n) is 9.76. The number of nitrogens with zero attached hydrogens (tertiary/aromatic N) is 2. The molecule has 154 valence electrons. The molecule has 0 bridgehead atoms. The summed E-state index contributed by atoms with van der Waals surface area (Å²) in [5.41, 5.74) is 1.87. The lowest BCUT2D eigenvalue weighted by Gasteiger charge is -2.21. The van der Waals surface area contributed by atoms with Gasteiger partial charge in [0.25, 0.3) is 5.91 Å². The Morgan fingerprint density at radius 1 is 0.966 bits per heavy atom. The van der Waals surface area contributed by atoms with E-state index < -0.39 is 0 Å². The van der Waals surface area contributed by atoms with E-state index in [2.05, 4.69) is 10.6 Å². The van der Waals surface area contributed by atoms with Crippen molar-refractivity contribution in [1.29, 1.82) is 0 Å². The summed E-state index contributed by atoms with van der Waals surface area (Å²) in [7, 11) is 1.60. The maximum Gasteiger partial charge on any atom is 0.321 e. The van der Waals surface area contributed by atoms with Crippen LogP contribution in [0.4, 0.5) is 16.2 Å². The van der Waals surface area contributed by atoms with Gasteiger partial charge in [0.05, 0.1) is 12.1 Å². The van der Waals surface area contributed by atoms with E-state index in [4.69, 9.17) is 0 Å². The normalized spacial score (nSPS) is 14.0. The predicted octanol–water partition coefficient (Wildman–Crippen LogP) is 3.87. The van der Waals surface area contributed by atoms with Crippen molar-refractivity contribution in [3.8, 4) is 0 Å². The molecule has 8 heteroatoms. The average molecular weight is 415 g/mol. The third-order valence-electron chi connectivity index (χ3n) is 4.81. The van der Waals surface area contributed by atoms with Gasteiger partial charge in [0.2, 0.25) is 5.91 Å². The van der Waals surface area contributed by atoms with E-state index in [0.717, 1.165) is 25.9 Å². The molecule has 2 heterocycles. The number of carbonyl (C=O) groups is 3. The first kappa shape index (κ1) is 20.9. The van der Waals surface area contributed by atoms with E-state index in [-0.39, 0.29) is 24.4 Å². The van der Waals surface area contributed by atoms with Gasteiger partial charge in [-0.15, -0.1) is 0 Å². The van der Waals surface area contributed by atoms with E-state index >= 15 is 0 Å². The van der Waals surface area contributed by atoms with Gasteiger partial charge in [0.15, 0.2) is 0 Å². The first-order chi connectivity index (χ1) is 14.0. The molecular weight excluding hydrogens is 388 g/mol. The van der Waals surface area contributed by atoms with Crippen LogP contribution in [0.1, 0.15) is 36.0 Å². The summed E-state index contributed by atoms with van der Waals surface area (Å²) in [6, 6.07) is 8.63. The minimum atomic E-state index is -0.280. The average Bonchev–Trinajstić information content (AvgIpc) is 3.10. The van der Waals surface area contributed by atoms with Gasteiger partial charge in [-0.05, 0) is 48.6 Å². The van der Waals surface area contributed by atoms with Gasteiger partial charge < -0.3 is 20.4 Å². The molecule has 1 aliphatic rings. The highest BCUT2D eigenvalue weighted by Crippen LogP contribution is 2.16. The van der Waals surface area contributed by atoms with Gasteiger partial charge >= 0.3 is 6.03 Å². The van der Waals surface area contributed by atoms with Gasteiger partial charge in [-0.25, -0.2) is 4.79 Å². The van der Waals surface area contributed by atoms with Crippen LogP contribution in [0, 0.1) is 0 Å². The molecule has 0 atom stereocenters. The van der Waals surface area contributed by atoms with Crippen LogP contribution >= 0.6 is 11.3 Å². The Labute approximate surface area is 174 Å². The largest absolute Gasteiger partial charge is 0.332 e. The molecule has 0 aliphatic carbocycles. The molecule has 29 heavy (non-hydrogen) atoms. The molecule has 2 aromatic rings. The molecule has 7 nitrogen and oxygen atoms in total. The number of likely N-dealkylation sites (tertiary alicyclic amines) is 1. The fraction of sp³-hybridized carbons (Fsp3) is 0.381. The number of carbonyl (C=O) groups excluding carboxylic acids is 3. The van der Waals surface area contributed by atoms with Crippen LogP contribution in [-0.2, 0) is 4.79 Å². The van der Waals surface area contributed by atoms with Crippen molar-refractivity contribution in [1.82, 2.24) is 9.80 Å². The summed E-state index contributed by atoms with van der Waals surface area (Å²) < 4.78 is 0. The Morgan fingerprint density at radius 3 is 2.17 bits per heavy atom. The Bertz CT molecular complexity index is 828. The fourth-order valence-electron chi connectivity index (χ4n) is 3.21. The van der Waals surface area contributed by atoms with Crippen molar-refractivity contribution in [2.75, 3.05) is 37.3 Å². The first-order valence-corrected chi connectivity index (χ1v) is 10.7. The topological polar surface area (TPSA) is 81.8 Å². The SMILES string of the molecule is CN(CC(=O)Nc1ccc(NC(=O)N2CCCCCC2)cc1)C(=O)c1ccsc1. The van der Waals surface area contributed by atoms with Crippen LogP contribution in [0.2, 0.25) is 0 Å². The molecule has 1 aliphatic heterocycles. The second-order valence-corrected chi connectivity index (χ2v) is 7.91. The minimum absolute atomic E-state index is 0.0396. The number of hydrogen-bond acceptors (Lipinski definition) is 4. The summed E-state index contributed by atoms with van der Waals surface area (Å²) in [5.74, 6) is -0.467. The highest BCUT2D eigenvalue weighted by molar-refractivity contribution is 7.08. The van der Waals surface area contributed by atoms with Crippen molar-refractivity contribution in [2.24, 2.45) is 0 Å². The number of nitrogens with one attached hydrogen (secondary N) is 2. The van der Waals surface area contributed by atoms with E-state index in [1.807, 2.05) is 10.3 Å². The maximum atomic E-state index is 12.4. The van der Waals surface area contributed by atoms with Gasteiger partial charge in [0, 0.05) is 36.9 Å². The van der Waals surface area contributed by atoms with Gasteiger partial charge in [0.1, 0.15) is 0 Å². The van der Waals surface area contributed by atoms with E-state index in [1.54, 1.807) is 42.8 Å². The number of anilines is 2. The molecule has 0 saturated carbocycles. The number of likely N-dealkylation sites (N-methyl/N-ethyl adjacent to an activating group) is 1. The predicted molar refractivity (Wildman–Crippen MR) is 115 cm³/mol. The maximum absolute atomic E-state index is 12.4. The lowest BCUT2D eigenvalue weighted by molar-refractivity contribution is -0.116. The lowest BCUT2D eigenvalue weighted by atomic mass is 10.2. The Kier molecular flexibility index (Phi) is 7.24. The highest BCUT2D eigenvalue weighted by Gasteiger charge is 2.16. The fourth-order valence-corrected chi connectivity index (χ4v) is 3.84. The molecule has 1 saturated heterocycles. The third kappa shape index (κ3) is 6.05. The standard InChI is InChI=1S/C21H26N4O3S/c1-24(20(27)16-10-13-29-15-16)14-19(26)22-17-6-8-18(9-7-17)23-21(28)25-11-4-2-3-5-12-25/h6-10,13,15H,2-5,11-12,14H2,1H3,(H,22,26)(H,23,28). The zero-order valence-corrected chi connectivity index (χ0v) is 17.3. The minimum Gasteiger partial charge on any atom is -0.332 e. The Balaban J connectivity index is 1.48. The van der Waals surface area contributed by atoms with Crippen LogP contribution in [0.3, 0.4) is 0 Å². The number of thiophene rings is 1. The number of urea groups is 1. The summed E-state index contributed by atoms with van der Waals surface area (Å²) in [5, 5.41) is 9.26. The summed E-state index contributed by atoms with van der Waals surface area (Å²) in [6.45, 7) is 1.54. The zero-order chi connectivity index (χ0) is 20.6. The van der Waals surface area contributed by atoms with Crippen LogP contribution in [0.5, 0.6) is 0 Å². The monoisotopic (exact) mass is 414 g/mol. The quantitative estimate of drug-likeness (QED) is 0.779. The zero-order valence-electron chi connectivity index (χ0n) is 16.5. The van der Waals surface area contributed by atoms with E-state index in [9.17, 15) is 14.4 Å². The lowest BCUT2D eigenvalue weighted by Crippen LogP contribution is -2.35. The summed E-state index contributed by atoms with van der Waals surface area (Å²) in [6.07, 6.45) is 4.43. The van der Waals surface area contributed by atoms with Crippen molar-refractivity contribution in [3.05, 3.63) is 46.7 Å². The second kappa shape index (κ2) is 10.1. The number of amides is 4. The number of benzene rings is 1. The van der Waals surface area contributed by atoms with Crippen molar-refractivity contribution >= 4 is 40.6 Å². The van der Waals surface area contributed by atoms with Crippen LogP contribution < -0.4 is 10.6 Å². The van der Waals surface area contributed by atoms with Crippen molar-refractivity contribution in [2.45, 2.75) is 25.7 Å². The molecule has 3 rings (SSSR count). The molecule has 1 aromatic carbocycles. The molecular formula is C21H26N4O3S. The van der Waals surface area contributed by atoms with Crippen LogP contribution in [-0.4, -0.2) is 54.3 Å². The van der Waals surface area contributed by atoms with E-state index in [0.29, 0.717) is 16.9 Å². The Morgan fingerprint density at radius 2 is 1.59 bits per heavy atom. The Hall–Kier alpha value is -2.87.